The highest BCUT2D eigenvalue weighted by molar-refractivity contribution is 5.67. The first-order valence-corrected chi connectivity index (χ1v) is 7.66. The molecule has 1 atom stereocenters. The normalized spacial score (nSPS) is 22.0. The molecular formula is C15H22N4O2. The first kappa shape index (κ1) is 14.1. The molecule has 0 aromatic heterocycles. The molecule has 1 saturated carbocycles. The van der Waals surface area contributed by atoms with E-state index in [-0.39, 0.29) is 11.4 Å². The van der Waals surface area contributed by atoms with Gasteiger partial charge in [0.15, 0.2) is 0 Å². The van der Waals surface area contributed by atoms with E-state index in [4.69, 9.17) is 5.73 Å². The van der Waals surface area contributed by atoms with Gasteiger partial charge in [0.2, 0.25) is 0 Å². The molecule has 1 aromatic rings. The molecule has 1 unspecified atom stereocenters. The Morgan fingerprint density at radius 3 is 2.76 bits per heavy atom. The molecule has 2 fully saturated rings. The summed E-state index contributed by atoms with van der Waals surface area (Å²) in [6.07, 6.45) is 4.89. The summed E-state index contributed by atoms with van der Waals surface area (Å²) in [5, 5.41) is 14.3. The summed E-state index contributed by atoms with van der Waals surface area (Å²) in [6.45, 7) is 3.19. The molecule has 21 heavy (non-hydrogen) atoms. The van der Waals surface area contributed by atoms with Crippen LogP contribution in [0.3, 0.4) is 0 Å². The number of nitrogens with one attached hydrogen (secondary N) is 1. The lowest BCUT2D eigenvalue weighted by molar-refractivity contribution is -0.383. The van der Waals surface area contributed by atoms with Crippen molar-refractivity contribution < 1.29 is 4.92 Å². The lowest BCUT2D eigenvalue weighted by atomic mass is 9.98. The second-order valence-electron chi connectivity index (χ2n) is 6.10. The lowest BCUT2D eigenvalue weighted by Gasteiger charge is -2.32. The zero-order chi connectivity index (χ0) is 14.8. The lowest BCUT2D eigenvalue weighted by Crippen LogP contribution is -2.39. The Morgan fingerprint density at radius 1 is 1.38 bits per heavy atom. The maximum absolute atomic E-state index is 10.9. The van der Waals surface area contributed by atoms with Crippen LogP contribution in [-0.4, -0.2) is 30.6 Å². The van der Waals surface area contributed by atoms with Crippen LogP contribution in [0.1, 0.15) is 25.7 Å². The van der Waals surface area contributed by atoms with Crippen molar-refractivity contribution in [1.29, 1.82) is 0 Å². The fraction of sp³-hybridized carbons (Fsp3) is 0.600. The summed E-state index contributed by atoms with van der Waals surface area (Å²) in [5.41, 5.74) is 7.10. The number of hydrogen-bond donors (Lipinski definition) is 2. The van der Waals surface area contributed by atoms with Crippen molar-refractivity contribution in [2.24, 2.45) is 5.92 Å². The van der Waals surface area contributed by atoms with Gasteiger partial charge in [-0.05, 0) is 56.8 Å². The number of nitrogen functional groups attached to an aromatic ring is 1. The highest BCUT2D eigenvalue weighted by Gasteiger charge is 2.31. The van der Waals surface area contributed by atoms with Gasteiger partial charge in [0.05, 0.1) is 4.92 Å². The molecule has 1 heterocycles. The third kappa shape index (κ3) is 3.26. The van der Waals surface area contributed by atoms with Gasteiger partial charge in [-0.25, -0.2) is 0 Å². The van der Waals surface area contributed by atoms with E-state index in [2.05, 4.69) is 10.2 Å². The van der Waals surface area contributed by atoms with E-state index in [0.29, 0.717) is 12.0 Å². The zero-order valence-corrected chi connectivity index (χ0v) is 12.1. The van der Waals surface area contributed by atoms with Crippen molar-refractivity contribution in [2.75, 3.05) is 30.3 Å². The van der Waals surface area contributed by atoms with E-state index in [1.165, 1.54) is 31.7 Å². The fourth-order valence-corrected chi connectivity index (χ4v) is 3.10. The number of rotatable bonds is 5. The van der Waals surface area contributed by atoms with Crippen LogP contribution >= 0.6 is 0 Å². The fourth-order valence-electron chi connectivity index (χ4n) is 3.10. The van der Waals surface area contributed by atoms with Crippen LogP contribution in [0.5, 0.6) is 0 Å². The van der Waals surface area contributed by atoms with Crippen molar-refractivity contribution in [3.8, 4) is 0 Å². The largest absolute Gasteiger partial charge is 0.393 e. The first-order valence-electron chi connectivity index (χ1n) is 7.66. The molecule has 1 saturated heterocycles. The minimum absolute atomic E-state index is 0.00571. The van der Waals surface area contributed by atoms with Crippen LogP contribution < -0.4 is 16.0 Å². The molecule has 1 aromatic carbocycles. The summed E-state index contributed by atoms with van der Waals surface area (Å²) in [7, 11) is 0. The van der Waals surface area contributed by atoms with Crippen LogP contribution in [-0.2, 0) is 0 Å². The number of nitrogens with two attached hydrogens (primary N) is 1. The molecule has 0 amide bonds. The van der Waals surface area contributed by atoms with Gasteiger partial charge in [0.1, 0.15) is 5.69 Å². The van der Waals surface area contributed by atoms with Gasteiger partial charge in [0, 0.05) is 24.3 Å². The Morgan fingerprint density at radius 2 is 2.19 bits per heavy atom. The van der Waals surface area contributed by atoms with Gasteiger partial charge in [-0.15, -0.1) is 0 Å². The Hall–Kier alpha value is -1.82. The Labute approximate surface area is 124 Å². The minimum atomic E-state index is -0.425. The number of benzene rings is 1. The Kier molecular flexibility index (Phi) is 3.96. The monoisotopic (exact) mass is 290 g/mol. The SMILES string of the molecule is Nc1cc(N(CC2CCCNC2)C2CC2)ccc1[N+](=O)[O-]. The number of nitro benzene ring substituents is 1. The summed E-state index contributed by atoms with van der Waals surface area (Å²) in [4.78, 5) is 12.8. The van der Waals surface area contributed by atoms with E-state index in [9.17, 15) is 10.1 Å². The van der Waals surface area contributed by atoms with Crippen molar-refractivity contribution in [3.63, 3.8) is 0 Å². The van der Waals surface area contributed by atoms with E-state index < -0.39 is 4.92 Å². The second kappa shape index (κ2) is 5.89. The molecule has 1 aliphatic carbocycles. The third-order valence-electron chi connectivity index (χ3n) is 4.38. The van der Waals surface area contributed by atoms with Crippen molar-refractivity contribution >= 4 is 17.1 Å². The molecule has 2 aliphatic rings. The quantitative estimate of drug-likeness (QED) is 0.493. The number of nitro groups is 1. The summed E-state index contributed by atoms with van der Waals surface area (Å²) in [6, 6.07) is 5.70. The average molecular weight is 290 g/mol. The zero-order valence-electron chi connectivity index (χ0n) is 12.1. The van der Waals surface area contributed by atoms with E-state index in [1.54, 1.807) is 6.07 Å². The van der Waals surface area contributed by atoms with Crippen molar-refractivity contribution in [3.05, 3.63) is 28.3 Å². The van der Waals surface area contributed by atoms with Gasteiger partial charge in [0.25, 0.3) is 5.69 Å². The predicted octanol–water partition coefficient (Wildman–Crippen LogP) is 2.15. The van der Waals surface area contributed by atoms with Crippen LogP contribution in [0, 0.1) is 16.0 Å². The highest BCUT2D eigenvalue weighted by atomic mass is 16.6. The third-order valence-corrected chi connectivity index (χ3v) is 4.38. The number of piperidine rings is 1. The van der Waals surface area contributed by atoms with Crippen molar-refractivity contribution in [1.82, 2.24) is 5.32 Å². The highest BCUT2D eigenvalue weighted by Crippen LogP contribution is 2.35. The predicted molar refractivity (Wildman–Crippen MR) is 83.5 cm³/mol. The number of hydrogen-bond acceptors (Lipinski definition) is 5. The molecule has 0 radical (unpaired) electrons. The van der Waals surface area contributed by atoms with Gasteiger partial charge < -0.3 is 16.0 Å². The van der Waals surface area contributed by atoms with Gasteiger partial charge >= 0.3 is 0 Å². The summed E-state index contributed by atoms with van der Waals surface area (Å²) < 4.78 is 0. The van der Waals surface area contributed by atoms with Crippen LogP contribution in [0.4, 0.5) is 17.1 Å². The topological polar surface area (TPSA) is 84.4 Å². The van der Waals surface area contributed by atoms with E-state index in [1.807, 2.05) is 6.07 Å². The average Bonchev–Trinajstić information content (AvgIpc) is 3.30. The summed E-state index contributed by atoms with van der Waals surface area (Å²) >= 11 is 0. The van der Waals surface area contributed by atoms with Crippen LogP contribution in [0.15, 0.2) is 18.2 Å². The molecule has 3 rings (SSSR count). The molecule has 1 aliphatic heterocycles. The molecule has 0 spiro atoms. The standard InChI is InChI=1S/C15H22N4O2/c16-14-8-13(5-6-15(14)19(20)21)18(12-3-4-12)10-11-2-1-7-17-9-11/h5-6,8,11-12,17H,1-4,7,9-10,16H2. The molecule has 114 valence electrons. The minimum Gasteiger partial charge on any atom is -0.393 e. The van der Waals surface area contributed by atoms with Gasteiger partial charge in [-0.1, -0.05) is 0 Å². The molecular weight excluding hydrogens is 268 g/mol. The second-order valence-corrected chi connectivity index (χ2v) is 6.10. The molecule has 6 heteroatoms. The van der Waals surface area contributed by atoms with Gasteiger partial charge in [-0.2, -0.15) is 0 Å². The smallest absolute Gasteiger partial charge is 0.292 e. The Balaban J connectivity index is 1.77. The molecule has 6 nitrogen and oxygen atoms in total. The number of nitrogens with zero attached hydrogens (tertiary/aromatic N) is 2. The van der Waals surface area contributed by atoms with Crippen LogP contribution in [0.25, 0.3) is 0 Å². The molecule has 3 N–H and O–H groups in total. The maximum Gasteiger partial charge on any atom is 0.292 e. The summed E-state index contributed by atoms with van der Waals surface area (Å²) in [5.74, 6) is 0.649. The maximum atomic E-state index is 10.9. The molecule has 0 bridgehead atoms. The van der Waals surface area contributed by atoms with E-state index in [0.717, 1.165) is 25.3 Å². The Bertz CT molecular complexity index is 524. The van der Waals surface area contributed by atoms with Crippen LogP contribution in [0.2, 0.25) is 0 Å². The van der Waals surface area contributed by atoms with Gasteiger partial charge in [-0.3, -0.25) is 10.1 Å². The number of anilines is 2. The first-order chi connectivity index (χ1) is 10.1. The van der Waals surface area contributed by atoms with E-state index >= 15 is 0 Å². The van der Waals surface area contributed by atoms with Crippen molar-refractivity contribution in [2.45, 2.75) is 31.7 Å².